The number of nitrogens with zero attached hydrogens (tertiary/aromatic N) is 3. The largest absolute Gasteiger partial charge is 0.316 e. The smallest absolute Gasteiger partial charge is 0.275 e. The molecule has 1 aliphatic heterocycles. The van der Waals surface area contributed by atoms with Gasteiger partial charge in [-0.15, -0.1) is 0 Å². The van der Waals surface area contributed by atoms with Gasteiger partial charge in [0.05, 0.1) is 14.0 Å². The minimum atomic E-state index is -4.01. The number of carbonyl (C=O) groups excluding carboxylic acids is 1. The summed E-state index contributed by atoms with van der Waals surface area (Å²) >= 11 is 1.97. The van der Waals surface area contributed by atoms with Crippen molar-refractivity contribution in [1.29, 1.82) is 0 Å². The molecule has 0 saturated heterocycles. The van der Waals surface area contributed by atoms with Gasteiger partial charge >= 0.3 is 0 Å². The summed E-state index contributed by atoms with van der Waals surface area (Å²) in [5.74, 6) is -0.115. The lowest BCUT2D eigenvalue weighted by Crippen LogP contribution is -2.29. The van der Waals surface area contributed by atoms with E-state index in [4.69, 9.17) is 0 Å². The van der Waals surface area contributed by atoms with Crippen molar-refractivity contribution < 1.29 is 13.2 Å². The zero-order valence-corrected chi connectivity index (χ0v) is 22.3. The van der Waals surface area contributed by atoms with Crippen LogP contribution in [-0.4, -0.2) is 29.9 Å². The molecule has 1 spiro atoms. The molecule has 3 heterocycles. The first-order valence-electron chi connectivity index (χ1n) is 11.2. The van der Waals surface area contributed by atoms with Gasteiger partial charge < -0.3 is 9.47 Å². The van der Waals surface area contributed by atoms with E-state index in [0.29, 0.717) is 15.5 Å². The van der Waals surface area contributed by atoms with Crippen LogP contribution in [0.4, 0.5) is 5.69 Å². The van der Waals surface area contributed by atoms with Gasteiger partial charge in [0, 0.05) is 37.3 Å². The van der Waals surface area contributed by atoms with Crippen LogP contribution in [0.15, 0.2) is 70.5 Å². The number of anilines is 1. The molecular formula is C26H22IN3O4S. The number of likely N-dealkylation sites (N-methyl/N-ethyl adjacent to an activating group) is 1. The molecule has 0 unspecified atom stereocenters. The molecule has 0 N–H and O–H groups in total. The Morgan fingerprint density at radius 3 is 2.43 bits per heavy atom. The first-order valence-corrected chi connectivity index (χ1v) is 13.7. The first kappa shape index (κ1) is 22.5. The van der Waals surface area contributed by atoms with Gasteiger partial charge in [0.2, 0.25) is 5.91 Å². The van der Waals surface area contributed by atoms with Crippen LogP contribution in [0.25, 0.3) is 10.9 Å². The number of halogens is 1. The van der Waals surface area contributed by atoms with E-state index in [1.54, 1.807) is 55.5 Å². The topological polar surface area (TPSA) is 81.4 Å². The zero-order valence-electron chi connectivity index (χ0n) is 19.3. The summed E-state index contributed by atoms with van der Waals surface area (Å²) in [7, 11) is -0.595. The molecule has 1 saturated carbocycles. The molecule has 1 amide bonds. The highest BCUT2D eigenvalue weighted by atomic mass is 127. The highest BCUT2D eigenvalue weighted by molar-refractivity contribution is 14.1. The van der Waals surface area contributed by atoms with Crippen molar-refractivity contribution in [1.82, 2.24) is 8.54 Å². The van der Waals surface area contributed by atoms with Crippen molar-refractivity contribution in [2.45, 2.75) is 29.6 Å². The number of fused-ring (bicyclic) bond motifs is 3. The number of carbonyl (C=O) groups is 1. The Balaban J connectivity index is 1.58. The number of hydrogen-bond donors (Lipinski definition) is 0. The Morgan fingerprint density at radius 2 is 1.71 bits per heavy atom. The van der Waals surface area contributed by atoms with Crippen LogP contribution in [0.1, 0.15) is 29.0 Å². The number of para-hydroxylation sites is 1. The maximum Gasteiger partial charge on any atom is 0.275 e. The summed E-state index contributed by atoms with van der Waals surface area (Å²) in [4.78, 5) is 28.6. The van der Waals surface area contributed by atoms with Gasteiger partial charge in [-0.05, 0) is 71.3 Å². The molecule has 2 aliphatic rings. The lowest BCUT2D eigenvalue weighted by molar-refractivity contribution is -0.120. The summed E-state index contributed by atoms with van der Waals surface area (Å²) < 4.78 is 30.3. The molecule has 1 fully saturated rings. The zero-order chi connectivity index (χ0) is 24.9. The second-order valence-corrected chi connectivity index (χ2v) is 12.3. The molecule has 178 valence electrons. The van der Waals surface area contributed by atoms with Crippen LogP contribution in [0.5, 0.6) is 0 Å². The molecule has 35 heavy (non-hydrogen) atoms. The Labute approximate surface area is 216 Å². The minimum absolute atomic E-state index is 0.0344. The number of amides is 1. The first-order chi connectivity index (χ1) is 16.6. The maximum atomic E-state index is 13.7. The minimum Gasteiger partial charge on any atom is -0.316 e. The van der Waals surface area contributed by atoms with Crippen LogP contribution in [-0.2, 0) is 27.3 Å². The fourth-order valence-electron chi connectivity index (χ4n) is 5.56. The molecule has 2 atom stereocenters. The van der Waals surface area contributed by atoms with Crippen molar-refractivity contribution in [3.63, 3.8) is 0 Å². The van der Waals surface area contributed by atoms with Gasteiger partial charge in [0.25, 0.3) is 15.6 Å². The quantitative estimate of drug-likeness (QED) is 0.335. The van der Waals surface area contributed by atoms with E-state index in [2.05, 4.69) is 0 Å². The van der Waals surface area contributed by atoms with Crippen molar-refractivity contribution in [2.24, 2.45) is 7.05 Å². The molecule has 2 aromatic heterocycles. The summed E-state index contributed by atoms with van der Waals surface area (Å²) in [5.41, 5.74) is 2.68. The third-order valence-corrected chi connectivity index (χ3v) is 10.3. The molecule has 0 radical (unpaired) electrons. The van der Waals surface area contributed by atoms with Crippen LogP contribution >= 0.6 is 22.6 Å². The molecule has 7 nitrogen and oxygen atoms in total. The number of aryl methyl sites for hydroxylation is 2. The molecule has 0 bridgehead atoms. The Kier molecular flexibility index (Phi) is 4.70. The van der Waals surface area contributed by atoms with Crippen LogP contribution in [0.3, 0.4) is 0 Å². The average molecular weight is 599 g/mol. The standard InChI is InChI=1S/C26H22IN3O4S/c1-15-8-10-16(11-9-15)35(33,34)30-22(27)12-17-18(14-28(2)24(31)23(17)30)20-13-26(20)19-6-4-5-7-21(19)29(3)25(26)32/h4-12,14,20H,13H2,1-3H3/t20-,26-/m1/s1. The van der Waals surface area contributed by atoms with E-state index >= 15 is 0 Å². The summed E-state index contributed by atoms with van der Waals surface area (Å²) in [5, 5.41) is 0.579. The third-order valence-electron chi connectivity index (χ3n) is 7.41. The lowest BCUT2D eigenvalue weighted by Gasteiger charge is -2.14. The van der Waals surface area contributed by atoms with E-state index < -0.39 is 21.0 Å². The molecule has 2 aromatic carbocycles. The number of benzene rings is 2. The van der Waals surface area contributed by atoms with Crippen LogP contribution in [0.2, 0.25) is 0 Å². The van der Waals surface area contributed by atoms with E-state index in [0.717, 1.165) is 26.4 Å². The van der Waals surface area contributed by atoms with E-state index in [-0.39, 0.29) is 22.2 Å². The second-order valence-electron chi connectivity index (χ2n) is 9.42. The SMILES string of the molecule is Cc1ccc(S(=O)(=O)n2c(I)cc3c([C@H]4C[C@]45C(=O)N(C)c4ccccc45)cn(C)c(=O)c32)cc1. The molecular weight excluding hydrogens is 577 g/mol. The fourth-order valence-corrected chi connectivity index (χ4v) is 8.28. The van der Waals surface area contributed by atoms with Gasteiger partial charge in [-0.3, -0.25) is 9.59 Å². The van der Waals surface area contributed by atoms with Crippen molar-refractivity contribution >= 4 is 55.1 Å². The number of pyridine rings is 1. The number of aromatic nitrogens is 2. The molecule has 4 aromatic rings. The van der Waals surface area contributed by atoms with Crippen LogP contribution < -0.4 is 10.5 Å². The predicted octanol–water partition coefficient (Wildman–Crippen LogP) is 3.89. The van der Waals surface area contributed by atoms with Gasteiger partial charge in [-0.1, -0.05) is 35.9 Å². The Morgan fingerprint density at radius 1 is 1.03 bits per heavy atom. The van der Waals surface area contributed by atoms with Gasteiger partial charge in [-0.25, -0.2) is 12.4 Å². The van der Waals surface area contributed by atoms with Gasteiger partial charge in [0.15, 0.2) is 0 Å². The third kappa shape index (κ3) is 2.91. The predicted molar refractivity (Wildman–Crippen MR) is 143 cm³/mol. The van der Waals surface area contributed by atoms with Crippen molar-refractivity contribution in [3.05, 3.63) is 91.5 Å². The van der Waals surface area contributed by atoms with Gasteiger partial charge in [0.1, 0.15) is 5.52 Å². The highest BCUT2D eigenvalue weighted by Crippen LogP contribution is 2.66. The fraction of sp³-hybridized carbons (Fsp3) is 0.231. The van der Waals surface area contributed by atoms with Crippen LogP contribution in [0, 0.1) is 10.6 Å². The average Bonchev–Trinajstić information content (AvgIpc) is 3.42. The van der Waals surface area contributed by atoms with E-state index in [1.165, 1.54) is 4.57 Å². The second kappa shape index (κ2) is 7.30. The van der Waals surface area contributed by atoms with Crippen molar-refractivity contribution in [3.8, 4) is 0 Å². The molecule has 1 aliphatic carbocycles. The normalized spacial score (nSPS) is 21.2. The summed E-state index contributed by atoms with van der Waals surface area (Å²) in [6.07, 6.45) is 2.38. The monoisotopic (exact) mass is 599 g/mol. The van der Waals surface area contributed by atoms with Crippen molar-refractivity contribution in [2.75, 3.05) is 11.9 Å². The van der Waals surface area contributed by atoms with E-state index in [9.17, 15) is 18.0 Å². The summed E-state index contributed by atoms with van der Waals surface area (Å²) in [6, 6.07) is 16.1. The molecule has 6 rings (SSSR count). The number of rotatable bonds is 3. The maximum absolute atomic E-state index is 13.7. The lowest BCUT2D eigenvalue weighted by atomic mass is 9.91. The Hall–Kier alpha value is -2.92. The number of hydrogen-bond acceptors (Lipinski definition) is 4. The molecule has 9 heteroatoms. The Bertz CT molecular complexity index is 1740. The van der Waals surface area contributed by atoms with Gasteiger partial charge in [-0.2, -0.15) is 0 Å². The summed E-state index contributed by atoms with van der Waals surface area (Å²) in [6.45, 7) is 1.89. The van der Waals surface area contributed by atoms with E-state index in [1.807, 2.05) is 53.8 Å². The highest BCUT2D eigenvalue weighted by Gasteiger charge is 2.67.